The van der Waals surface area contributed by atoms with Gasteiger partial charge in [-0.25, -0.2) is 0 Å². The fourth-order valence-electron chi connectivity index (χ4n) is 1.72. The average Bonchev–Trinajstić information content (AvgIpc) is 2.36. The van der Waals surface area contributed by atoms with Crippen LogP contribution in [0.5, 0.6) is 0 Å². The maximum absolute atomic E-state index is 12.7. The van der Waals surface area contributed by atoms with Gasteiger partial charge in [0.15, 0.2) is 0 Å². The van der Waals surface area contributed by atoms with Crippen LogP contribution in [0.15, 0.2) is 45.3 Å². The lowest BCUT2D eigenvalue weighted by atomic mass is 10.1. The predicted octanol–water partition coefficient (Wildman–Crippen LogP) is 6.50. The van der Waals surface area contributed by atoms with Crippen LogP contribution in [-0.4, -0.2) is 0 Å². The molecule has 0 heterocycles. The second-order valence-electron chi connectivity index (χ2n) is 4.32. The molecular formula is C14H9Br2ClF3N. The van der Waals surface area contributed by atoms with E-state index in [1.54, 1.807) is 12.1 Å². The molecule has 0 aliphatic heterocycles. The molecule has 0 radical (unpaired) electrons. The van der Waals surface area contributed by atoms with Crippen molar-refractivity contribution in [1.82, 2.24) is 0 Å². The van der Waals surface area contributed by atoms with Crippen molar-refractivity contribution in [2.75, 3.05) is 5.32 Å². The summed E-state index contributed by atoms with van der Waals surface area (Å²) in [6.45, 7) is 0.333. The summed E-state index contributed by atoms with van der Waals surface area (Å²) in [6, 6.07) is 9.06. The Bertz CT molecular complexity index is 659. The molecule has 0 amide bonds. The Morgan fingerprint density at radius 3 is 2.33 bits per heavy atom. The Morgan fingerprint density at radius 1 is 1.00 bits per heavy atom. The first kappa shape index (κ1) is 16.6. The molecule has 7 heteroatoms. The summed E-state index contributed by atoms with van der Waals surface area (Å²) in [5.74, 6) is 0. The average molecular weight is 443 g/mol. The van der Waals surface area contributed by atoms with Crippen LogP contribution in [0, 0.1) is 0 Å². The second-order valence-corrected chi connectivity index (χ2v) is 6.55. The van der Waals surface area contributed by atoms with Crippen molar-refractivity contribution in [3.05, 3.63) is 61.5 Å². The van der Waals surface area contributed by atoms with Gasteiger partial charge < -0.3 is 5.32 Å². The minimum absolute atomic E-state index is 0.333. The van der Waals surface area contributed by atoms with Gasteiger partial charge in [0.05, 0.1) is 5.56 Å². The van der Waals surface area contributed by atoms with Crippen LogP contribution in [-0.2, 0) is 12.7 Å². The number of nitrogens with one attached hydrogen (secondary N) is 1. The van der Waals surface area contributed by atoms with Crippen LogP contribution < -0.4 is 5.32 Å². The molecule has 21 heavy (non-hydrogen) atoms. The first-order chi connectivity index (χ1) is 9.75. The first-order valence-electron chi connectivity index (χ1n) is 5.81. The van der Waals surface area contributed by atoms with Gasteiger partial charge in [-0.15, -0.1) is 0 Å². The van der Waals surface area contributed by atoms with Crippen LogP contribution in [0.2, 0.25) is 5.02 Å². The van der Waals surface area contributed by atoms with Crippen LogP contribution >= 0.6 is 43.5 Å². The Labute approximate surface area is 141 Å². The van der Waals surface area contributed by atoms with Gasteiger partial charge in [-0.1, -0.05) is 49.5 Å². The van der Waals surface area contributed by atoms with Gasteiger partial charge in [-0.2, -0.15) is 13.2 Å². The van der Waals surface area contributed by atoms with E-state index in [9.17, 15) is 13.2 Å². The summed E-state index contributed by atoms with van der Waals surface area (Å²) in [6.07, 6.45) is -4.38. The number of rotatable bonds is 3. The minimum Gasteiger partial charge on any atom is -0.381 e. The topological polar surface area (TPSA) is 12.0 Å². The number of benzene rings is 2. The Morgan fingerprint density at radius 2 is 1.71 bits per heavy atom. The number of hydrogen-bond donors (Lipinski definition) is 1. The van der Waals surface area contributed by atoms with E-state index in [0.29, 0.717) is 21.7 Å². The molecule has 1 N–H and O–H groups in total. The molecule has 0 saturated heterocycles. The van der Waals surface area contributed by atoms with E-state index < -0.39 is 11.7 Å². The van der Waals surface area contributed by atoms with E-state index in [1.165, 1.54) is 0 Å². The van der Waals surface area contributed by atoms with Crippen molar-refractivity contribution in [3.63, 3.8) is 0 Å². The van der Waals surface area contributed by atoms with Crippen molar-refractivity contribution >= 4 is 49.1 Å². The summed E-state index contributed by atoms with van der Waals surface area (Å²) >= 11 is 12.5. The maximum atomic E-state index is 12.7. The molecule has 1 nitrogen and oxygen atoms in total. The van der Waals surface area contributed by atoms with E-state index in [2.05, 4.69) is 37.2 Å². The molecule has 0 saturated carbocycles. The predicted molar refractivity (Wildman–Crippen MR) is 85.6 cm³/mol. The molecule has 2 aromatic carbocycles. The highest BCUT2D eigenvalue weighted by Crippen LogP contribution is 2.33. The van der Waals surface area contributed by atoms with Crippen molar-refractivity contribution < 1.29 is 13.2 Å². The summed E-state index contributed by atoms with van der Waals surface area (Å²) in [4.78, 5) is 0. The third-order valence-electron chi connectivity index (χ3n) is 2.72. The summed E-state index contributed by atoms with van der Waals surface area (Å²) in [5, 5.41) is 3.49. The normalized spacial score (nSPS) is 11.5. The summed E-state index contributed by atoms with van der Waals surface area (Å²) < 4.78 is 39.4. The molecule has 112 valence electrons. The minimum atomic E-state index is -4.38. The lowest BCUT2D eigenvalue weighted by Gasteiger charge is -2.12. The van der Waals surface area contributed by atoms with Crippen molar-refractivity contribution in [2.24, 2.45) is 0 Å². The monoisotopic (exact) mass is 441 g/mol. The van der Waals surface area contributed by atoms with Gasteiger partial charge in [0.25, 0.3) is 0 Å². The highest BCUT2D eigenvalue weighted by atomic mass is 79.9. The largest absolute Gasteiger partial charge is 0.416 e. The van der Waals surface area contributed by atoms with Crippen molar-refractivity contribution in [1.29, 1.82) is 0 Å². The number of anilines is 1. The van der Waals surface area contributed by atoms with Crippen LogP contribution in [0.25, 0.3) is 0 Å². The highest BCUT2D eigenvalue weighted by Gasteiger charge is 2.31. The van der Waals surface area contributed by atoms with Crippen molar-refractivity contribution in [3.8, 4) is 0 Å². The molecule has 0 unspecified atom stereocenters. The third kappa shape index (κ3) is 4.63. The van der Waals surface area contributed by atoms with Gasteiger partial charge in [0.2, 0.25) is 0 Å². The molecular weight excluding hydrogens is 434 g/mol. The van der Waals surface area contributed by atoms with E-state index in [4.69, 9.17) is 11.6 Å². The van der Waals surface area contributed by atoms with E-state index in [-0.39, 0.29) is 0 Å². The second kappa shape index (κ2) is 6.58. The van der Waals surface area contributed by atoms with E-state index >= 15 is 0 Å². The first-order valence-corrected chi connectivity index (χ1v) is 7.78. The zero-order chi connectivity index (χ0) is 15.6. The Balaban J connectivity index is 2.18. The Kier molecular flexibility index (Phi) is 5.22. The van der Waals surface area contributed by atoms with Crippen LogP contribution in [0.3, 0.4) is 0 Å². The van der Waals surface area contributed by atoms with E-state index in [1.807, 2.05) is 12.1 Å². The molecule has 0 aromatic heterocycles. The third-order valence-corrected chi connectivity index (χ3v) is 4.03. The quantitative estimate of drug-likeness (QED) is 0.571. The van der Waals surface area contributed by atoms with Gasteiger partial charge in [0, 0.05) is 26.2 Å². The van der Waals surface area contributed by atoms with Gasteiger partial charge >= 0.3 is 6.18 Å². The standard InChI is InChI=1S/C14H9Br2ClF3N/c15-10-2-1-8(13(17)6-10)7-21-12-4-9(14(18,19)20)3-11(16)5-12/h1-6,21H,7H2. The fourth-order valence-corrected chi connectivity index (χ4v) is 2.95. The van der Waals surface area contributed by atoms with E-state index in [0.717, 1.165) is 22.2 Å². The lowest BCUT2D eigenvalue weighted by Crippen LogP contribution is -2.07. The molecule has 0 aliphatic carbocycles. The van der Waals surface area contributed by atoms with Crippen LogP contribution in [0.4, 0.5) is 18.9 Å². The zero-order valence-electron chi connectivity index (χ0n) is 10.4. The summed E-state index contributed by atoms with van der Waals surface area (Å²) in [5.41, 5.74) is 0.463. The van der Waals surface area contributed by atoms with Gasteiger partial charge in [-0.05, 0) is 35.9 Å². The number of hydrogen-bond acceptors (Lipinski definition) is 1. The SMILES string of the molecule is FC(F)(F)c1cc(Br)cc(NCc2ccc(Br)cc2Cl)c1. The maximum Gasteiger partial charge on any atom is 0.416 e. The molecule has 0 atom stereocenters. The zero-order valence-corrected chi connectivity index (χ0v) is 14.4. The van der Waals surface area contributed by atoms with Crippen molar-refractivity contribution in [2.45, 2.75) is 12.7 Å². The smallest absolute Gasteiger partial charge is 0.381 e. The number of alkyl halides is 3. The molecule has 0 bridgehead atoms. The molecule has 2 aromatic rings. The molecule has 2 rings (SSSR count). The van der Waals surface area contributed by atoms with Crippen LogP contribution in [0.1, 0.15) is 11.1 Å². The fraction of sp³-hybridized carbons (Fsp3) is 0.143. The molecule has 0 fully saturated rings. The molecule has 0 aliphatic rings. The summed E-state index contributed by atoms with van der Waals surface area (Å²) in [7, 11) is 0. The molecule has 0 spiro atoms. The van der Waals surface area contributed by atoms with Gasteiger partial charge in [0.1, 0.15) is 0 Å². The lowest BCUT2D eigenvalue weighted by molar-refractivity contribution is -0.137. The Hall–Kier alpha value is -0.720. The number of halogens is 6. The highest BCUT2D eigenvalue weighted by molar-refractivity contribution is 9.10. The van der Waals surface area contributed by atoms with Gasteiger partial charge in [-0.3, -0.25) is 0 Å².